The standard InChI is InChI=1S/C12H15BrO3/c1-16-11(15)12(6-2-3-9-13)7-4-10(14)5-8-12/h4-5,7-8H,2-3,6,9H2,1H3. The Morgan fingerprint density at radius 3 is 2.50 bits per heavy atom. The Labute approximate surface area is 104 Å². The number of methoxy groups -OCH3 is 1. The van der Waals surface area contributed by atoms with Crippen LogP contribution < -0.4 is 0 Å². The molecule has 1 aliphatic rings. The van der Waals surface area contributed by atoms with Crippen molar-refractivity contribution in [3.05, 3.63) is 24.3 Å². The zero-order valence-corrected chi connectivity index (χ0v) is 10.8. The summed E-state index contributed by atoms with van der Waals surface area (Å²) in [7, 11) is 1.37. The molecule has 0 fully saturated rings. The van der Waals surface area contributed by atoms with Gasteiger partial charge in [-0.3, -0.25) is 9.59 Å². The van der Waals surface area contributed by atoms with Crippen LogP contribution >= 0.6 is 15.9 Å². The van der Waals surface area contributed by atoms with Crippen molar-refractivity contribution >= 4 is 27.7 Å². The van der Waals surface area contributed by atoms with Crippen LogP contribution in [0.15, 0.2) is 24.3 Å². The normalized spacial score (nSPS) is 17.5. The summed E-state index contributed by atoms with van der Waals surface area (Å²) in [5, 5.41) is 0.913. The van der Waals surface area contributed by atoms with E-state index in [9.17, 15) is 9.59 Å². The van der Waals surface area contributed by atoms with Crippen molar-refractivity contribution in [3.63, 3.8) is 0 Å². The van der Waals surface area contributed by atoms with Gasteiger partial charge < -0.3 is 4.74 Å². The molecule has 0 spiro atoms. The molecule has 4 heteroatoms. The predicted octanol–water partition coefficient (Wildman–Crippen LogP) is 2.41. The smallest absolute Gasteiger partial charge is 0.319 e. The Hall–Kier alpha value is -0.900. The largest absolute Gasteiger partial charge is 0.468 e. The number of hydrogen-bond donors (Lipinski definition) is 0. The lowest BCUT2D eigenvalue weighted by Crippen LogP contribution is -2.30. The van der Waals surface area contributed by atoms with Gasteiger partial charge in [0.2, 0.25) is 0 Å². The first-order chi connectivity index (χ1) is 7.64. The molecular formula is C12H15BrO3. The van der Waals surface area contributed by atoms with Crippen LogP contribution in [0, 0.1) is 5.41 Å². The van der Waals surface area contributed by atoms with E-state index in [0.29, 0.717) is 6.42 Å². The van der Waals surface area contributed by atoms with Gasteiger partial charge >= 0.3 is 5.97 Å². The Bertz CT molecular complexity index is 315. The number of rotatable bonds is 5. The third-order valence-electron chi connectivity index (χ3n) is 2.63. The van der Waals surface area contributed by atoms with Crippen LogP contribution in [-0.2, 0) is 14.3 Å². The summed E-state index contributed by atoms with van der Waals surface area (Å²) in [5.74, 6) is -0.387. The lowest BCUT2D eigenvalue weighted by molar-refractivity contribution is -0.147. The van der Waals surface area contributed by atoms with Gasteiger partial charge in [-0.1, -0.05) is 34.5 Å². The number of unbranched alkanes of at least 4 members (excludes halogenated alkanes) is 1. The number of carbonyl (C=O) groups excluding carboxylic acids is 2. The molecule has 0 aromatic carbocycles. The van der Waals surface area contributed by atoms with Crippen LogP contribution in [0.1, 0.15) is 19.3 Å². The van der Waals surface area contributed by atoms with Crippen LogP contribution in [0.5, 0.6) is 0 Å². The average molecular weight is 287 g/mol. The van der Waals surface area contributed by atoms with Gasteiger partial charge in [0.1, 0.15) is 5.41 Å². The fraction of sp³-hybridized carbons (Fsp3) is 0.500. The number of halogens is 1. The van der Waals surface area contributed by atoms with E-state index in [1.165, 1.54) is 19.3 Å². The molecule has 0 bridgehead atoms. The van der Waals surface area contributed by atoms with E-state index in [4.69, 9.17) is 4.74 Å². The maximum Gasteiger partial charge on any atom is 0.319 e. The van der Waals surface area contributed by atoms with Crippen molar-refractivity contribution in [3.8, 4) is 0 Å². The van der Waals surface area contributed by atoms with Gasteiger partial charge in [0.15, 0.2) is 5.78 Å². The average Bonchev–Trinajstić information content (AvgIpc) is 2.31. The second-order valence-corrected chi connectivity index (χ2v) is 4.54. The topological polar surface area (TPSA) is 43.4 Å². The molecule has 16 heavy (non-hydrogen) atoms. The first-order valence-corrected chi connectivity index (χ1v) is 6.33. The highest BCUT2D eigenvalue weighted by molar-refractivity contribution is 9.09. The van der Waals surface area contributed by atoms with Crippen molar-refractivity contribution in [2.45, 2.75) is 19.3 Å². The van der Waals surface area contributed by atoms with Crippen LogP contribution in [-0.4, -0.2) is 24.2 Å². The SMILES string of the molecule is COC(=O)C1(CCCCBr)C=CC(=O)C=C1. The molecular weight excluding hydrogens is 272 g/mol. The highest BCUT2D eigenvalue weighted by Crippen LogP contribution is 2.32. The summed E-state index contributed by atoms with van der Waals surface area (Å²) in [6, 6.07) is 0. The van der Waals surface area contributed by atoms with Gasteiger partial charge in [0.05, 0.1) is 7.11 Å². The molecule has 0 aromatic heterocycles. The van der Waals surface area contributed by atoms with Crippen LogP contribution in [0.3, 0.4) is 0 Å². The highest BCUT2D eigenvalue weighted by Gasteiger charge is 2.35. The Morgan fingerprint density at radius 2 is 2.00 bits per heavy atom. The third-order valence-corrected chi connectivity index (χ3v) is 3.19. The van der Waals surface area contributed by atoms with Gasteiger partial charge in [-0.25, -0.2) is 0 Å². The van der Waals surface area contributed by atoms with Crippen LogP contribution in [0.25, 0.3) is 0 Å². The minimum atomic E-state index is -0.745. The van der Waals surface area contributed by atoms with Gasteiger partial charge in [-0.05, 0) is 25.0 Å². The zero-order valence-electron chi connectivity index (χ0n) is 9.24. The van der Waals surface area contributed by atoms with E-state index in [1.54, 1.807) is 12.2 Å². The second-order valence-electron chi connectivity index (χ2n) is 3.75. The van der Waals surface area contributed by atoms with Crippen LogP contribution in [0.2, 0.25) is 0 Å². The molecule has 1 aliphatic carbocycles. The van der Waals surface area contributed by atoms with E-state index in [0.717, 1.165) is 18.2 Å². The number of esters is 1. The minimum absolute atomic E-state index is 0.0833. The molecule has 0 N–H and O–H groups in total. The lowest BCUT2D eigenvalue weighted by atomic mass is 9.79. The van der Waals surface area contributed by atoms with E-state index < -0.39 is 5.41 Å². The van der Waals surface area contributed by atoms with E-state index in [-0.39, 0.29) is 11.8 Å². The number of ketones is 1. The van der Waals surface area contributed by atoms with Crippen molar-refractivity contribution < 1.29 is 14.3 Å². The second kappa shape index (κ2) is 5.99. The van der Waals surface area contributed by atoms with Gasteiger partial charge in [0, 0.05) is 5.33 Å². The van der Waals surface area contributed by atoms with Gasteiger partial charge in [0.25, 0.3) is 0 Å². The highest BCUT2D eigenvalue weighted by atomic mass is 79.9. The predicted molar refractivity (Wildman–Crippen MR) is 65.4 cm³/mol. The Kier molecular flexibility index (Phi) is 4.93. The van der Waals surface area contributed by atoms with Crippen LogP contribution in [0.4, 0.5) is 0 Å². The quantitative estimate of drug-likeness (QED) is 0.443. The summed E-state index contributed by atoms with van der Waals surface area (Å²) in [4.78, 5) is 22.8. The summed E-state index contributed by atoms with van der Waals surface area (Å²) in [5.41, 5.74) is -0.745. The molecule has 0 heterocycles. The third kappa shape index (κ3) is 3.04. The molecule has 0 aromatic rings. The molecule has 0 aliphatic heterocycles. The van der Waals surface area contributed by atoms with E-state index in [1.807, 2.05) is 0 Å². The summed E-state index contributed by atoms with van der Waals surface area (Å²) < 4.78 is 4.79. The van der Waals surface area contributed by atoms with E-state index in [2.05, 4.69) is 15.9 Å². The van der Waals surface area contributed by atoms with Crippen molar-refractivity contribution in [1.82, 2.24) is 0 Å². The van der Waals surface area contributed by atoms with Crippen molar-refractivity contribution in [2.24, 2.45) is 5.41 Å². The molecule has 0 unspecified atom stereocenters. The molecule has 1 rings (SSSR count). The number of hydrogen-bond acceptors (Lipinski definition) is 3. The molecule has 0 atom stereocenters. The first kappa shape index (κ1) is 13.2. The van der Waals surface area contributed by atoms with E-state index >= 15 is 0 Å². The monoisotopic (exact) mass is 286 g/mol. The molecule has 0 saturated heterocycles. The fourth-order valence-corrected chi connectivity index (χ4v) is 2.08. The van der Waals surface area contributed by atoms with Crippen molar-refractivity contribution in [2.75, 3.05) is 12.4 Å². The summed E-state index contributed by atoms with van der Waals surface area (Å²) >= 11 is 3.35. The molecule has 0 radical (unpaired) electrons. The number of carbonyl (C=O) groups is 2. The number of allylic oxidation sites excluding steroid dienone is 2. The van der Waals surface area contributed by atoms with Gasteiger partial charge in [-0.15, -0.1) is 0 Å². The summed E-state index contributed by atoms with van der Waals surface area (Å²) in [6.45, 7) is 0. The molecule has 88 valence electrons. The Morgan fingerprint density at radius 1 is 1.38 bits per heavy atom. The van der Waals surface area contributed by atoms with Gasteiger partial charge in [-0.2, -0.15) is 0 Å². The molecule has 3 nitrogen and oxygen atoms in total. The fourth-order valence-electron chi connectivity index (χ4n) is 1.68. The molecule has 0 saturated carbocycles. The first-order valence-electron chi connectivity index (χ1n) is 5.21. The van der Waals surface area contributed by atoms with Crippen molar-refractivity contribution in [1.29, 1.82) is 0 Å². The molecule has 0 amide bonds. The summed E-state index contributed by atoms with van der Waals surface area (Å²) in [6.07, 6.45) is 8.74. The maximum absolute atomic E-state index is 11.7. The maximum atomic E-state index is 11.7. The minimum Gasteiger partial charge on any atom is -0.468 e. The Balaban J connectivity index is 2.78. The number of alkyl halides is 1. The lowest BCUT2D eigenvalue weighted by Gasteiger charge is -2.25. The zero-order chi connectivity index (χ0) is 12.0. The number of ether oxygens (including phenoxy) is 1.